The molecule has 3 aromatic heterocycles. The molecule has 262 valence electrons. The number of rotatable bonds is 3. The van der Waals surface area contributed by atoms with Crippen LogP contribution in [-0.2, 0) is 5.41 Å². The van der Waals surface area contributed by atoms with Crippen LogP contribution in [-0.4, -0.2) is 15.0 Å². The van der Waals surface area contributed by atoms with Crippen molar-refractivity contribution in [2.75, 3.05) is 4.90 Å². The predicted molar refractivity (Wildman–Crippen MR) is 224 cm³/mol. The largest absolute Gasteiger partial charge is 0.452 e. The number of aromatic nitrogens is 3. The molecule has 6 aromatic carbocycles. The predicted octanol–water partition coefficient (Wildman–Crippen LogP) is 12.8. The van der Waals surface area contributed by atoms with Crippen LogP contribution in [0.2, 0.25) is 0 Å². The molecule has 0 amide bonds. The molecule has 0 fully saturated rings. The Morgan fingerprint density at radius 2 is 1.29 bits per heavy atom. The summed E-state index contributed by atoms with van der Waals surface area (Å²) in [7, 11) is 0. The van der Waals surface area contributed by atoms with Crippen molar-refractivity contribution in [3.8, 4) is 45.1 Å². The van der Waals surface area contributed by atoms with Crippen molar-refractivity contribution in [1.82, 2.24) is 15.0 Å². The topological polar surface area (TPSA) is 51.1 Å². The molecule has 0 bridgehead atoms. The summed E-state index contributed by atoms with van der Waals surface area (Å²) in [6, 6.07) is 58.1. The van der Waals surface area contributed by atoms with Crippen LogP contribution in [0.25, 0.3) is 44.5 Å². The average molecular weight is 735 g/mol. The molecular formula is C50H30N4OS. The summed E-state index contributed by atoms with van der Waals surface area (Å²) >= 11 is 1.78. The van der Waals surface area contributed by atoms with Crippen molar-refractivity contribution in [3.63, 3.8) is 0 Å². The summed E-state index contributed by atoms with van der Waals surface area (Å²) < 4.78 is 7.00. The Morgan fingerprint density at radius 3 is 2.25 bits per heavy atom. The second kappa shape index (κ2) is 12.0. The lowest BCUT2D eigenvalue weighted by molar-refractivity contribution is 0.461. The Bertz CT molecular complexity index is 3070. The van der Waals surface area contributed by atoms with Crippen LogP contribution in [0.15, 0.2) is 192 Å². The maximum Gasteiger partial charge on any atom is 0.165 e. The molecule has 0 N–H and O–H groups in total. The molecule has 0 saturated heterocycles. The molecule has 3 aliphatic rings. The monoisotopic (exact) mass is 734 g/mol. The summed E-state index contributed by atoms with van der Waals surface area (Å²) in [6.45, 7) is 0. The van der Waals surface area contributed by atoms with Gasteiger partial charge in [-0.15, -0.1) is 0 Å². The zero-order chi connectivity index (χ0) is 36.8. The van der Waals surface area contributed by atoms with E-state index in [2.05, 4.69) is 157 Å². The third-order valence-corrected chi connectivity index (χ3v) is 12.6. The zero-order valence-electron chi connectivity index (χ0n) is 29.9. The lowest BCUT2D eigenvalue weighted by atomic mass is 9.67. The van der Waals surface area contributed by atoms with Gasteiger partial charge in [0.25, 0.3) is 0 Å². The number of benzene rings is 6. The van der Waals surface area contributed by atoms with Gasteiger partial charge in [0.2, 0.25) is 0 Å². The highest BCUT2D eigenvalue weighted by molar-refractivity contribution is 7.99. The minimum absolute atomic E-state index is 0.691. The fraction of sp³-hybridized carbons (Fsp3) is 0.0200. The Balaban J connectivity index is 1.10. The molecule has 12 rings (SSSR count). The molecule has 1 atom stereocenters. The van der Waals surface area contributed by atoms with Crippen LogP contribution in [0, 0.1) is 0 Å². The highest BCUT2D eigenvalue weighted by Gasteiger charge is 2.53. The van der Waals surface area contributed by atoms with Crippen LogP contribution in [0.1, 0.15) is 22.3 Å². The molecule has 6 heteroatoms. The number of pyridine rings is 3. The number of anilines is 3. The quantitative estimate of drug-likeness (QED) is 0.180. The van der Waals surface area contributed by atoms with Crippen LogP contribution >= 0.6 is 11.8 Å². The minimum Gasteiger partial charge on any atom is -0.452 e. The summed E-state index contributed by atoms with van der Waals surface area (Å²) in [4.78, 5) is 19.7. The molecule has 9 aromatic rings. The molecule has 56 heavy (non-hydrogen) atoms. The molecular weight excluding hydrogens is 705 g/mol. The van der Waals surface area contributed by atoms with Gasteiger partial charge >= 0.3 is 0 Å². The molecule has 0 radical (unpaired) electrons. The average Bonchev–Trinajstić information content (AvgIpc) is 3.55. The van der Waals surface area contributed by atoms with E-state index in [0.29, 0.717) is 0 Å². The van der Waals surface area contributed by atoms with Gasteiger partial charge in [-0.1, -0.05) is 115 Å². The van der Waals surface area contributed by atoms with Gasteiger partial charge in [0.15, 0.2) is 11.5 Å². The minimum atomic E-state index is -0.691. The number of ether oxygens (including phenoxy) is 1. The standard InChI is InChI=1S/C50H30N4OS/c1-2-16-35(17-3-1)54-41-21-5-6-22-43(41)55-48-42(54)25-24-39-49(48)56-44-23-7-4-19-37(44)50(39)38-20-11-27-52-46(38)47-40(50)29-34(30-53-47)32-13-8-14-33(28-32)36-18-9-12-31-15-10-26-51-45(31)36/h1-30H. The van der Waals surface area contributed by atoms with Crippen molar-refractivity contribution in [1.29, 1.82) is 0 Å². The first-order valence-electron chi connectivity index (χ1n) is 18.8. The van der Waals surface area contributed by atoms with Crippen LogP contribution in [0.4, 0.5) is 17.1 Å². The normalized spacial score (nSPS) is 15.6. The lowest BCUT2D eigenvalue weighted by Crippen LogP contribution is -2.32. The number of nitrogens with zero attached hydrogens (tertiary/aromatic N) is 4. The van der Waals surface area contributed by atoms with Gasteiger partial charge in [0.05, 0.1) is 38.6 Å². The van der Waals surface area contributed by atoms with E-state index in [9.17, 15) is 0 Å². The van der Waals surface area contributed by atoms with Gasteiger partial charge in [-0.3, -0.25) is 15.0 Å². The number of hydrogen-bond donors (Lipinski definition) is 0. The first-order chi connectivity index (χ1) is 27.8. The molecule has 1 spiro atoms. The molecule has 0 saturated carbocycles. The van der Waals surface area contributed by atoms with E-state index >= 15 is 0 Å². The Labute approximate surface area is 328 Å². The summed E-state index contributed by atoms with van der Waals surface area (Å²) in [5, 5.41) is 1.12. The maximum atomic E-state index is 7.00. The van der Waals surface area contributed by atoms with Crippen molar-refractivity contribution in [2.24, 2.45) is 0 Å². The molecule has 5 heterocycles. The smallest absolute Gasteiger partial charge is 0.165 e. The number of fused-ring (bicyclic) bond motifs is 13. The first-order valence-corrected chi connectivity index (χ1v) is 19.6. The Morgan fingerprint density at radius 1 is 0.518 bits per heavy atom. The van der Waals surface area contributed by atoms with Gasteiger partial charge in [0.1, 0.15) is 0 Å². The molecule has 5 nitrogen and oxygen atoms in total. The maximum absolute atomic E-state index is 7.00. The number of para-hydroxylation sites is 4. The van der Waals surface area contributed by atoms with Gasteiger partial charge in [0, 0.05) is 51.2 Å². The van der Waals surface area contributed by atoms with Crippen molar-refractivity contribution >= 4 is 39.7 Å². The Kier molecular flexibility index (Phi) is 6.71. The van der Waals surface area contributed by atoms with Crippen LogP contribution in [0.5, 0.6) is 11.5 Å². The molecule has 2 aliphatic heterocycles. The van der Waals surface area contributed by atoms with Crippen LogP contribution < -0.4 is 9.64 Å². The Hall–Kier alpha value is -7.02. The van der Waals surface area contributed by atoms with E-state index in [1.165, 1.54) is 10.5 Å². The van der Waals surface area contributed by atoms with Gasteiger partial charge in [-0.25, -0.2) is 0 Å². The van der Waals surface area contributed by atoms with Gasteiger partial charge in [-0.2, -0.15) is 0 Å². The fourth-order valence-corrected chi connectivity index (χ4v) is 10.4. The SMILES string of the molecule is c1ccc(N2c3ccccc3Oc3c2ccc2c3Sc3ccccc3C23c2cccnc2-c2ncc(-c4cccc(-c5cccc6cccnc56)c4)cc23)cc1. The van der Waals surface area contributed by atoms with E-state index in [1.54, 1.807) is 11.8 Å². The lowest BCUT2D eigenvalue weighted by Gasteiger charge is -2.41. The van der Waals surface area contributed by atoms with Crippen molar-refractivity contribution in [2.45, 2.75) is 15.2 Å². The third kappa shape index (κ3) is 4.36. The van der Waals surface area contributed by atoms with E-state index in [4.69, 9.17) is 19.7 Å². The second-order valence-electron chi connectivity index (χ2n) is 14.4. The van der Waals surface area contributed by atoms with Gasteiger partial charge in [-0.05, 0) is 88.5 Å². The summed E-state index contributed by atoms with van der Waals surface area (Å²) in [6.07, 6.45) is 5.75. The van der Waals surface area contributed by atoms with Crippen LogP contribution in [0.3, 0.4) is 0 Å². The molecule has 1 aliphatic carbocycles. The molecule has 1 unspecified atom stereocenters. The van der Waals surface area contributed by atoms with E-state index < -0.39 is 5.41 Å². The van der Waals surface area contributed by atoms with E-state index in [1.807, 2.05) is 30.7 Å². The first kappa shape index (κ1) is 31.3. The van der Waals surface area contributed by atoms with Crippen molar-refractivity contribution in [3.05, 3.63) is 205 Å². The summed E-state index contributed by atoms with van der Waals surface area (Å²) in [5.41, 5.74) is 14.2. The second-order valence-corrected chi connectivity index (χ2v) is 15.4. The highest BCUT2D eigenvalue weighted by Crippen LogP contribution is 2.65. The summed E-state index contributed by atoms with van der Waals surface area (Å²) in [5.74, 6) is 1.67. The van der Waals surface area contributed by atoms with Crippen molar-refractivity contribution < 1.29 is 4.74 Å². The third-order valence-electron chi connectivity index (χ3n) is 11.4. The zero-order valence-corrected chi connectivity index (χ0v) is 30.7. The highest BCUT2D eigenvalue weighted by atomic mass is 32.2. The van der Waals surface area contributed by atoms with E-state index in [-0.39, 0.29) is 0 Å². The number of hydrogen-bond acceptors (Lipinski definition) is 6. The van der Waals surface area contributed by atoms with Gasteiger partial charge < -0.3 is 9.64 Å². The fourth-order valence-electron chi connectivity index (χ4n) is 9.09. The van der Waals surface area contributed by atoms with E-state index in [0.717, 1.165) is 94.7 Å².